The van der Waals surface area contributed by atoms with Gasteiger partial charge in [-0.05, 0) is 49.4 Å². The Bertz CT molecular complexity index is 1260. The minimum atomic E-state index is -0.0465. The SMILES string of the molecule is Cc1nc2ccc(-c3cn[nH]c3)cc2c(=O)n1Cc1cccc(OC2CN(C)C2)c1. The van der Waals surface area contributed by atoms with E-state index in [2.05, 4.69) is 27.1 Å². The van der Waals surface area contributed by atoms with Gasteiger partial charge in [-0.25, -0.2) is 4.98 Å². The first-order valence-electron chi connectivity index (χ1n) is 10.0. The first-order chi connectivity index (χ1) is 14.6. The number of hydrogen-bond acceptors (Lipinski definition) is 5. The highest BCUT2D eigenvalue weighted by Gasteiger charge is 2.24. The molecule has 1 aliphatic heterocycles. The van der Waals surface area contributed by atoms with Gasteiger partial charge < -0.3 is 4.74 Å². The summed E-state index contributed by atoms with van der Waals surface area (Å²) in [6.45, 7) is 4.20. The number of nitrogens with zero attached hydrogens (tertiary/aromatic N) is 4. The summed E-state index contributed by atoms with van der Waals surface area (Å²) in [5.74, 6) is 1.53. The molecule has 1 N–H and O–H groups in total. The lowest BCUT2D eigenvalue weighted by molar-refractivity contribution is 0.0388. The highest BCUT2D eigenvalue weighted by atomic mass is 16.5. The molecule has 0 aliphatic carbocycles. The van der Waals surface area contributed by atoms with Crippen molar-refractivity contribution in [3.8, 4) is 16.9 Å². The zero-order chi connectivity index (χ0) is 20.7. The van der Waals surface area contributed by atoms with E-state index in [4.69, 9.17) is 4.74 Å². The van der Waals surface area contributed by atoms with Gasteiger partial charge in [0.05, 0.1) is 23.6 Å². The highest BCUT2D eigenvalue weighted by molar-refractivity contribution is 5.83. The third-order valence-corrected chi connectivity index (χ3v) is 5.55. The fourth-order valence-corrected chi connectivity index (χ4v) is 3.91. The van der Waals surface area contributed by atoms with Crippen LogP contribution < -0.4 is 10.3 Å². The summed E-state index contributed by atoms with van der Waals surface area (Å²) >= 11 is 0. The average molecular weight is 401 g/mol. The molecule has 5 rings (SSSR count). The number of likely N-dealkylation sites (tertiary alicyclic amines) is 1. The number of aromatic nitrogens is 4. The number of rotatable bonds is 5. The van der Waals surface area contributed by atoms with E-state index in [1.165, 1.54) is 0 Å². The van der Waals surface area contributed by atoms with Crippen LogP contribution in [0.4, 0.5) is 0 Å². The van der Waals surface area contributed by atoms with Gasteiger partial charge in [0.1, 0.15) is 17.7 Å². The van der Waals surface area contributed by atoms with E-state index >= 15 is 0 Å². The largest absolute Gasteiger partial charge is 0.488 e. The molecule has 0 unspecified atom stereocenters. The molecule has 152 valence electrons. The molecule has 1 fully saturated rings. The van der Waals surface area contributed by atoms with Gasteiger partial charge in [-0.3, -0.25) is 19.4 Å². The lowest BCUT2D eigenvalue weighted by Crippen LogP contribution is -2.51. The molecule has 0 radical (unpaired) electrons. The topological polar surface area (TPSA) is 76.0 Å². The Morgan fingerprint density at radius 1 is 1.17 bits per heavy atom. The fourth-order valence-electron chi connectivity index (χ4n) is 3.91. The van der Waals surface area contributed by atoms with Crippen LogP contribution in [0.25, 0.3) is 22.0 Å². The number of nitrogens with one attached hydrogen (secondary N) is 1. The van der Waals surface area contributed by atoms with Crippen LogP contribution >= 0.6 is 0 Å². The van der Waals surface area contributed by atoms with Gasteiger partial charge in [-0.15, -0.1) is 0 Å². The van der Waals surface area contributed by atoms with Crippen LogP contribution in [-0.2, 0) is 6.54 Å². The summed E-state index contributed by atoms with van der Waals surface area (Å²) in [6, 6.07) is 13.7. The Hall–Kier alpha value is -3.45. The monoisotopic (exact) mass is 401 g/mol. The summed E-state index contributed by atoms with van der Waals surface area (Å²) < 4.78 is 7.75. The number of benzene rings is 2. The summed E-state index contributed by atoms with van der Waals surface area (Å²) in [4.78, 5) is 20.2. The standard InChI is InChI=1S/C23H23N5O2/c1-15-26-22-7-6-17(18-10-24-25-11-18)9-21(22)23(29)28(15)12-16-4-3-5-19(8-16)30-20-13-27(2)14-20/h3-11,20H,12-14H2,1-2H3,(H,24,25). The molecule has 7 heteroatoms. The molecule has 0 bridgehead atoms. The van der Waals surface area contributed by atoms with E-state index in [-0.39, 0.29) is 11.7 Å². The first-order valence-corrected chi connectivity index (χ1v) is 10.0. The molecule has 1 aliphatic rings. The molecule has 3 heterocycles. The zero-order valence-corrected chi connectivity index (χ0v) is 17.0. The molecule has 2 aromatic heterocycles. The van der Waals surface area contributed by atoms with Gasteiger partial charge in [0, 0.05) is 24.8 Å². The Morgan fingerprint density at radius 2 is 2.03 bits per heavy atom. The average Bonchev–Trinajstić information content (AvgIpc) is 3.25. The number of likely N-dealkylation sites (N-methyl/N-ethyl adjacent to an activating group) is 1. The van der Waals surface area contributed by atoms with Crippen molar-refractivity contribution < 1.29 is 4.74 Å². The molecule has 0 spiro atoms. The van der Waals surface area contributed by atoms with Gasteiger partial charge >= 0.3 is 0 Å². The number of H-pyrrole nitrogens is 1. The number of hydrogen-bond donors (Lipinski definition) is 1. The lowest BCUT2D eigenvalue weighted by atomic mass is 10.1. The fraction of sp³-hybridized carbons (Fsp3) is 0.261. The number of aryl methyl sites for hydroxylation is 1. The Morgan fingerprint density at radius 3 is 2.80 bits per heavy atom. The number of aromatic amines is 1. The highest BCUT2D eigenvalue weighted by Crippen LogP contribution is 2.22. The maximum absolute atomic E-state index is 13.3. The Balaban J connectivity index is 1.47. The molecular weight excluding hydrogens is 378 g/mol. The molecule has 4 aromatic rings. The third-order valence-electron chi connectivity index (χ3n) is 5.55. The van der Waals surface area contributed by atoms with Gasteiger partial charge in [-0.2, -0.15) is 5.10 Å². The van der Waals surface area contributed by atoms with E-state index < -0.39 is 0 Å². The summed E-state index contributed by atoms with van der Waals surface area (Å²) in [6.07, 6.45) is 3.79. The lowest BCUT2D eigenvalue weighted by Gasteiger charge is -2.36. The maximum atomic E-state index is 13.3. The molecule has 0 saturated carbocycles. The van der Waals surface area contributed by atoms with Crippen molar-refractivity contribution in [3.05, 3.63) is 76.6 Å². The summed E-state index contributed by atoms with van der Waals surface area (Å²) in [7, 11) is 2.08. The van der Waals surface area contributed by atoms with E-state index in [9.17, 15) is 4.79 Å². The number of fused-ring (bicyclic) bond motifs is 1. The van der Waals surface area contributed by atoms with Crippen molar-refractivity contribution in [2.75, 3.05) is 20.1 Å². The minimum Gasteiger partial charge on any atom is -0.488 e. The summed E-state index contributed by atoms with van der Waals surface area (Å²) in [5, 5.41) is 7.40. The van der Waals surface area contributed by atoms with Crippen LogP contribution in [0.1, 0.15) is 11.4 Å². The van der Waals surface area contributed by atoms with Crippen LogP contribution in [0, 0.1) is 6.92 Å². The summed E-state index contributed by atoms with van der Waals surface area (Å²) in [5.41, 5.74) is 3.54. The van der Waals surface area contributed by atoms with E-state index in [0.29, 0.717) is 23.3 Å². The van der Waals surface area contributed by atoms with Crippen LogP contribution in [-0.4, -0.2) is 50.9 Å². The molecule has 0 amide bonds. The van der Waals surface area contributed by atoms with Crippen LogP contribution in [0.2, 0.25) is 0 Å². The Labute approximate surface area is 173 Å². The van der Waals surface area contributed by atoms with E-state index in [1.807, 2.05) is 55.6 Å². The minimum absolute atomic E-state index is 0.0465. The van der Waals surface area contributed by atoms with Gasteiger partial charge in [0.25, 0.3) is 5.56 Å². The molecule has 1 saturated heterocycles. The van der Waals surface area contributed by atoms with Gasteiger partial charge in [0.15, 0.2) is 0 Å². The van der Waals surface area contributed by atoms with Crippen molar-refractivity contribution in [3.63, 3.8) is 0 Å². The van der Waals surface area contributed by atoms with E-state index in [1.54, 1.807) is 10.8 Å². The smallest absolute Gasteiger partial charge is 0.261 e. The molecule has 30 heavy (non-hydrogen) atoms. The molecule has 7 nitrogen and oxygen atoms in total. The van der Waals surface area contributed by atoms with Crippen LogP contribution in [0.3, 0.4) is 0 Å². The molecular formula is C23H23N5O2. The van der Waals surface area contributed by atoms with Crippen molar-refractivity contribution >= 4 is 10.9 Å². The van der Waals surface area contributed by atoms with Crippen LogP contribution in [0.5, 0.6) is 5.75 Å². The quantitative estimate of drug-likeness (QED) is 0.557. The first kappa shape index (κ1) is 18.6. The second-order valence-electron chi connectivity index (χ2n) is 7.88. The third kappa shape index (κ3) is 3.48. The van der Waals surface area contributed by atoms with Crippen molar-refractivity contribution in [2.24, 2.45) is 0 Å². The molecule has 2 aromatic carbocycles. The number of ether oxygens (including phenoxy) is 1. The predicted octanol–water partition coefficient (Wildman–Crippen LogP) is 2.84. The predicted molar refractivity (Wildman–Crippen MR) is 116 cm³/mol. The maximum Gasteiger partial charge on any atom is 0.261 e. The van der Waals surface area contributed by atoms with Gasteiger partial charge in [-0.1, -0.05) is 18.2 Å². The second kappa shape index (κ2) is 7.42. The van der Waals surface area contributed by atoms with Crippen molar-refractivity contribution in [1.82, 2.24) is 24.6 Å². The zero-order valence-electron chi connectivity index (χ0n) is 17.0. The Kier molecular flexibility index (Phi) is 4.59. The normalized spacial score (nSPS) is 14.7. The second-order valence-corrected chi connectivity index (χ2v) is 7.88. The molecule has 0 atom stereocenters. The van der Waals surface area contributed by atoms with Gasteiger partial charge in [0.2, 0.25) is 0 Å². The van der Waals surface area contributed by atoms with E-state index in [0.717, 1.165) is 35.5 Å². The van der Waals surface area contributed by atoms with Crippen molar-refractivity contribution in [2.45, 2.75) is 19.6 Å². The van der Waals surface area contributed by atoms with Crippen LogP contribution in [0.15, 0.2) is 59.7 Å². The van der Waals surface area contributed by atoms with Crippen molar-refractivity contribution in [1.29, 1.82) is 0 Å².